The van der Waals surface area contributed by atoms with Gasteiger partial charge in [-0.25, -0.2) is 0 Å². The third-order valence-corrected chi connectivity index (χ3v) is 4.39. The lowest BCUT2D eigenvalue weighted by atomic mass is 9.96. The lowest BCUT2D eigenvalue weighted by Gasteiger charge is -2.41. The summed E-state index contributed by atoms with van der Waals surface area (Å²) in [6.07, 6.45) is 6.21. The molecule has 1 saturated heterocycles. The maximum Gasteiger partial charge on any atom is 0.169 e. The summed E-state index contributed by atoms with van der Waals surface area (Å²) in [4.78, 5) is 0. The summed E-state index contributed by atoms with van der Waals surface area (Å²) in [7, 11) is 0. The van der Waals surface area contributed by atoms with Gasteiger partial charge in [0.15, 0.2) is 5.79 Å². The molecular formula is C20H25O2. The van der Waals surface area contributed by atoms with Gasteiger partial charge >= 0.3 is 0 Å². The van der Waals surface area contributed by atoms with E-state index in [9.17, 15) is 0 Å². The number of rotatable bonds is 5. The van der Waals surface area contributed by atoms with Crippen LogP contribution in [0.3, 0.4) is 0 Å². The molecule has 0 spiro atoms. The molecule has 0 aliphatic carbocycles. The van der Waals surface area contributed by atoms with E-state index in [0.29, 0.717) is 6.61 Å². The van der Waals surface area contributed by atoms with Crippen molar-refractivity contribution in [1.29, 1.82) is 0 Å². The second-order valence-corrected chi connectivity index (χ2v) is 6.06. The van der Waals surface area contributed by atoms with Gasteiger partial charge in [-0.3, -0.25) is 0 Å². The molecule has 0 bridgehead atoms. The van der Waals surface area contributed by atoms with E-state index in [4.69, 9.17) is 9.47 Å². The van der Waals surface area contributed by atoms with Crippen LogP contribution in [0.1, 0.15) is 51.2 Å². The van der Waals surface area contributed by atoms with E-state index in [1.165, 1.54) is 16.3 Å². The maximum absolute atomic E-state index is 6.47. The molecule has 117 valence electrons. The van der Waals surface area contributed by atoms with Crippen molar-refractivity contribution in [3.8, 4) is 0 Å². The Morgan fingerprint density at radius 2 is 1.73 bits per heavy atom. The van der Waals surface area contributed by atoms with Crippen LogP contribution in [-0.2, 0) is 9.47 Å². The SMILES string of the molecule is CCCC1(CCC)OC[CH]C(c2cccc3ccccc23)O1. The number of fused-ring (bicyclic) bond motifs is 1. The molecule has 0 saturated carbocycles. The van der Waals surface area contributed by atoms with Crippen molar-refractivity contribution in [3.05, 3.63) is 54.4 Å². The normalized spacial score (nSPS) is 21.1. The van der Waals surface area contributed by atoms with Gasteiger partial charge in [-0.2, -0.15) is 0 Å². The van der Waals surface area contributed by atoms with Crippen LogP contribution in [0.4, 0.5) is 0 Å². The molecule has 1 heterocycles. The third-order valence-electron chi connectivity index (χ3n) is 4.39. The van der Waals surface area contributed by atoms with Gasteiger partial charge in [0.05, 0.1) is 12.7 Å². The van der Waals surface area contributed by atoms with Crippen molar-refractivity contribution < 1.29 is 9.47 Å². The minimum absolute atomic E-state index is 0.0120. The molecule has 3 rings (SSSR count). The first kappa shape index (κ1) is 15.5. The Morgan fingerprint density at radius 1 is 1.00 bits per heavy atom. The summed E-state index contributed by atoms with van der Waals surface area (Å²) in [6, 6.07) is 15.0. The maximum atomic E-state index is 6.47. The highest BCUT2D eigenvalue weighted by Crippen LogP contribution is 2.39. The Balaban J connectivity index is 1.93. The molecule has 1 radical (unpaired) electrons. The molecule has 0 N–H and O–H groups in total. The van der Waals surface area contributed by atoms with Crippen LogP contribution in [0.15, 0.2) is 42.5 Å². The number of benzene rings is 2. The van der Waals surface area contributed by atoms with Crippen LogP contribution in [-0.4, -0.2) is 12.4 Å². The fourth-order valence-corrected chi connectivity index (χ4v) is 3.44. The molecule has 1 aliphatic rings. The average molecular weight is 297 g/mol. The van der Waals surface area contributed by atoms with Gasteiger partial charge in [0.1, 0.15) is 0 Å². The zero-order valence-electron chi connectivity index (χ0n) is 13.5. The van der Waals surface area contributed by atoms with E-state index >= 15 is 0 Å². The smallest absolute Gasteiger partial charge is 0.169 e. The van der Waals surface area contributed by atoms with E-state index in [-0.39, 0.29) is 6.10 Å². The van der Waals surface area contributed by atoms with Crippen molar-refractivity contribution in [2.75, 3.05) is 6.61 Å². The molecule has 1 unspecified atom stereocenters. The average Bonchev–Trinajstić information content (AvgIpc) is 2.55. The summed E-state index contributed by atoms with van der Waals surface area (Å²) in [5.74, 6) is -0.417. The molecule has 1 aliphatic heterocycles. The van der Waals surface area contributed by atoms with E-state index in [1.807, 2.05) is 0 Å². The fraction of sp³-hybridized carbons (Fsp3) is 0.450. The van der Waals surface area contributed by atoms with E-state index in [2.05, 4.69) is 62.7 Å². The van der Waals surface area contributed by atoms with Gasteiger partial charge in [-0.15, -0.1) is 0 Å². The first-order valence-electron chi connectivity index (χ1n) is 8.41. The standard InChI is InChI=1S/C20H25O2/c1-3-13-20(14-4-2)21-15-12-19(22-20)18-11-7-9-16-8-5-6-10-17(16)18/h5-12,19H,3-4,13-15H2,1-2H3. The minimum Gasteiger partial charge on any atom is -0.349 e. The van der Waals surface area contributed by atoms with E-state index < -0.39 is 5.79 Å². The number of ether oxygens (including phenoxy) is 2. The molecule has 0 amide bonds. The van der Waals surface area contributed by atoms with E-state index in [0.717, 1.165) is 25.7 Å². The van der Waals surface area contributed by atoms with Crippen molar-refractivity contribution in [1.82, 2.24) is 0 Å². The third kappa shape index (κ3) is 3.04. The summed E-state index contributed by atoms with van der Waals surface area (Å²) in [5.41, 5.74) is 1.25. The molecule has 1 fully saturated rings. The van der Waals surface area contributed by atoms with Gasteiger partial charge in [-0.1, -0.05) is 69.2 Å². The van der Waals surface area contributed by atoms with Crippen LogP contribution in [0, 0.1) is 6.42 Å². The van der Waals surface area contributed by atoms with Crippen molar-refractivity contribution in [2.24, 2.45) is 0 Å². The monoisotopic (exact) mass is 297 g/mol. The first-order chi connectivity index (χ1) is 10.8. The lowest BCUT2D eigenvalue weighted by Crippen LogP contribution is -2.42. The van der Waals surface area contributed by atoms with Gasteiger partial charge in [0.25, 0.3) is 0 Å². The summed E-state index contributed by atoms with van der Waals surface area (Å²) < 4.78 is 12.5. The molecule has 22 heavy (non-hydrogen) atoms. The van der Waals surface area contributed by atoms with Gasteiger partial charge < -0.3 is 9.47 Å². The first-order valence-corrected chi connectivity index (χ1v) is 8.41. The summed E-state index contributed by atoms with van der Waals surface area (Å²) in [5, 5.41) is 2.54. The highest BCUT2D eigenvalue weighted by molar-refractivity contribution is 5.86. The highest BCUT2D eigenvalue weighted by atomic mass is 16.7. The Bertz CT molecular complexity index is 603. The Morgan fingerprint density at radius 3 is 2.50 bits per heavy atom. The summed E-state index contributed by atoms with van der Waals surface area (Å²) >= 11 is 0. The zero-order chi connectivity index (χ0) is 15.4. The number of hydrogen-bond acceptors (Lipinski definition) is 2. The predicted molar refractivity (Wildman–Crippen MR) is 90.6 cm³/mol. The number of hydrogen-bond donors (Lipinski definition) is 0. The van der Waals surface area contributed by atoms with Crippen molar-refractivity contribution in [2.45, 2.75) is 51.4 Å². The largest absolute Gasteiger partial charge is 0.349 e. The van der Waals surface area contributed by atoms with Crippen molar-refractivity contribution >= 4 is 10.8 Å². The Hall–Kier alpha value is -1.38. The molecule has 2 nitrogen and oxygen atoms in total. The topological polar surface area (TPSA) is 18.5 Å². The lowest BCUT2D eigenvalue weighted by molar-refractivity contribution is -0.284. The quantitative estimate of drug-likeness (QED) is 0.732. The van der Waals surface area contributed by atoms with Crippen LogP contribution in [0.5, 0.6) is 0 Å². The van der Waals surface area contributed by atoms with Crippen molar-refractivity contribution in [3.63, 3.8) is 0 Å². The molecule has 2 aromatic carbocycles. The Kier molecular flexibility index (Phi) is 4.80. The predicted octanol–water partition coefficient (Wildman–Crippen LogP) is 5.43. The molecule has 0 aromatic heterocycles. The summed E-state index contributed by atoms with van der Waals surface area (Å²) in [6.45, 7) is 5.04. The Labute approximate surface area is 133 Å². The van der Waals surface area contributed by atoms with Crippen LogP contribution < -0.4 is 0 Å². The van der Waals surface area contributed by atoms with Crippen LogP contribution in [0.2, 0.25) is 0 Å². The molecule has 2 aromatic rings. The van der Waals surface area contributed by atoms with Gasteiger partial charge in [0.2, 0.25) is 0 Å². The second kappa shape index (κ2) is 6.80. The van der Waals surface area contributed by atoms with Gasteiger partial charge in [-0.05, 0) is 16.3 Å². The minimum atomic E-state index is -0.417. The molecule has 1 atom stereocenters. The highest BCUT2D eigenvalue weighted by Gasteiger charge is 2.38. The van der Waals surface area contributed by atoms with Crippen LogP contribution in [0.25, 0.3) is 10.8 Å². The molecule has 2 heteroatoms. The van der Waals surface area contributed by atoms with Gasteiger partial charge in [0, 0.05) is 19.3 Å². The second-order valence-electron chi connectivity index (χ2n) is 6.06. The fourth-order valence-electron chi connectivity index (χ4n) is 3.44. The molecular weight excluding hydrogens is 272 g/mol. The zero-order valence-corrected chi connectivity index (χ0v) is 13.5. The van der Waals surface area contributed by atoms with E-state index in [1.54, 1.807) is 0 Å². The van der Waals surface area contributed by atoms with Crippen LogP contribution >= 0.6 is 0 Å².